The average Bonchev–Trinajstić information content (AvgIpc) is 3.37. The maximum Gasteiger partial charge on any atom is 0.408 e. The highest BCUT2D eigenvalue weighted by Gasteiger charge is 2.41. The lowest BCUT2D eigenvalue weighted by atomic mass is 9.77. The van der Waals surface area contributed by atoms with E-state index in [0.29, 0.717) is 19.3 Å². The third-order valence-corrected chi connectivity index (χ3v) is 7.61. The minimum atomic E-state index is -0.968. The van der Waals surface area contributed by atoms with Crippen molar-refractivity contribution in [1.29, 1.82) is 0 Å². The number of cyclic esters (lactones) is 1. The van der Waals surface area contributed by atoms with Gasteiger partial charge in [-0.3, -0.25) is 9.59 Å². The van der Waals surface area contributed by atoms with E-state index in [-0.39, 0.29) is 37.2 Å². The van der Waals surface area contributed by atoms with E-state index in [0.717, 1.165) is 16.7 Å². The van der Waals surface area contributed by atoms with E-state index in [9.17, 15) is 19.5 Å². The number of benzene rings is 3. The van der Waals surface area contributed by atoms with Crippen molar-refractivity contribution in [2.24, 2.45) is 5.92 Å². The highest BCUT2D eigenvalue weighted by atomic mass is 16.6. The number of hydrogen-bond acceptors (Lipinski definition) is 6. The van der Waals surface area contributed by atoms with Crippen molar-refractivity contribution >= 4 is 18.0 Å². The molecule has 8 nitrogen and oxygen atoms in total. The van der Waals surface area contributed by atoms with E-state index in [2.05, 4.69) is 10.6 Å². The second kappa shape index (κ2) is 14.3. The lowest BCUT2D eigenvalue weighted by Crippen LogP contribution is -2.49. The molecule has 3 aromatic carbocycles. The lowest BCUT2D eigenvalue weighted by Gasteiger charge is -2.37. The van der Waals surface area contributed by atoms with Crippen LogP contribution in [-0.4, -0.2) is 47.4 Å². The van der Waals surface area contributed by atoms with Crippen molar-refractivity contribution in [2.45, 2.75) is 76.2 Å². The topological polar surface area (TPSA) is 114 Å². The molecule has 4 rings (SSSR count). The fourth-order valence-electron chi connectivity index (χ4n) is 5.64. The van der Waals surface area contributed by atoms with Crippen LogP contribution < -0.4 is 10.6 Å². The normalized spacial score (nSPS) is 17.5. The Balaban J connectivity index is 1.60. The van der Waals surface area contributed by atoms with Crippen LogP contribution in [0.4, 0.5) is 4.79 Å². The summed E-state index contributed by atoms with van der Waals surface area (Å²) in [6, 6.07) is 28.9. The molecule has 0 saturated carbocycles. The first-order valence-corrected chi connectivity index (χ1v) is 14.9. The quantitative estimate of drug-likeness (QED) is 0.192. The Morgan fingerprint density at radius 1 is 0.907 bits per heavy atom. The second-order valence-corrected chi connectivity index (χ2v) is 12.0. The number of carbonyl (C=O) groups excluding carboxylic acids is 3. The van der Waals surface area contributed by atoms with Gasteiger partial charge >= 0.3 is 12.1 Å². The fourth-order valence-corrected chi connectivity index (χ4v) is 5.64. The van der Waals surface area contributed by atoms with Gasteiger partial charge in [0.2, 0.25) is 5.91 Å². The van der Waals surface area contributed by atoms with Gasteiger partial charge in [0.15, 0.2) is 0 Å². The molecule has 1 heterocycles. The summed E-state index contributed by atoms with van der Waals surface area (Å²) in [5.74, 6) is -0.945. The van der Waals surface area contributed by atoms with Gasteiger partial charge in [-0.15, -0.1) is 0 Å². The SMILES string of the molecule is CC(C)(C)OC(=O)N[C@@H](CCC(=O)NC(c1ccccc1)(c1ccccc1)c1ccccc1)[C@H]1C[C@@H](CCCO)C(=O)O1. The second-order valence-electron chi connectivity index (χ2n) is 12.0. The first-order chi connectivity index (χ1) is 20.6. The first-order valence-electron chi connectivity index (χ1n) is 14.9. The molecule has 43 heavy (non-hydrogen) atoms. The van der Waals surface area contributed by atoms with Gasteiger partial charge < -0.3 is 25.2 Å². The number of amides is 2. The van der Waals surface area contributed by atoms with E-state index in [1.165, 1.54) is 0 Å². The molecule has 3 N–H and O–H groups in total. The zero-order valence-corrected chi connectivity index (χ0v) is 25.1. The van der Waals surface area contributed by atoms with E-state index < -0.39 is 29.4 Å². The monoisotopic (exact) mass is 586 g/mol. The summed E-state index contributed by atoms with van der Waals surface area (Å²) < 4.78 is 11.2. The van der Waals surface area contributed by atoms with Gasteiger partial charge in [-0.1, -0.05) is 91.0 Å². The molecule has 2 amide bonds. The van der Waals surface area contributed by atoms with Gasteiger partial charge in [-0.05, 0) is 63.1 Å². The molecule has 0 spiro atoms. The van der Waals surface area contributed by atoms with E-state index >= 15 is 0 Å². The van der Waals surface area contributed by atoms with Crippen molar-refractivity contribution in [1.82, 2.24) is 10.6 Å². The van der Waals surface area contributed by atoms with Crippen molar-refractivity contribution < 1.29 is 29.0 Å². The summed E-state index contributed by atoms with van der Waals surface area (Å²) in [5.41, 5.74) is 1.02. The van der Waals surface area contributed by atoms with Crippen LogP contribution in [0.1, 0.15) is 69.6 Å². The third-order valence-electron chi connectivity index (χ3n) is 7.61. The fraction of sp³-hybridized carbons (Fsp3) is 0.400. The Morgan fingerprint density at radius 3 is 1.88 bits per heavy atom. The zero-order chi connectivity index (χ0) is 30.9. The van der Waals surface area contributed by atoms with Crippen LogP contribution in [0, 0.1) is 5.92 Å². The van der Waals surface area contributed by atoms with Gasteiger partial charge in [-0.25, -0.2) is 4.79 Å². The summed E-state index contributed by atoms with van der Waals surface area (Å²) in [6.45, 7) is 5.30. The van der Waals surface area contributed by atoms with Crippen LogP contribution in [0.5, 0.6) is 0 Å². The highest BCUT2D eigenvalue weighted by molar-refractivity contribution is 5.79. The number of esters is 1. The van der Waals surface area contributed by atoms with Crippen LogP contribution in [0.15, 0.2) is 91.0 Å². The molecule has 1 saturated heterocycles. The molecule has 228 valence electrons. The molecule has 0 aromatic heterocycles. The van der Waals surface area contributed by atoms with E-state index in [4.69, 9.17) is 9.47 Å². The van der Waals surface area contributed by atoms with Gasteiger partial charge in [0.05, 0.1) is 12.0 Å². The van der Waals surface area contributed by atoms with Gasteiger partial charge in [-0.2, -0.15) is 0 Å². The molecule has 3 atom stereocenters. The van der Waals surface area contributed by atoms with Crippen LogP contribution in [0.3, 0.4) is 0 Å². The van der Waals surface area contributed by atoms with Gasteiger partial charge in [0, 0.05) is 13.0 Å². The van der Waals surface area contributed by atoms with E-state index in [1.54, 1.807) is 20.8 Å². The molecule has 0 unspecified atom stereocenters. The molecular formula is C35H42N2O6. The summed E-state index contributed by atoms with van der Waals surface area (Å²) in [6.07, 6.45) is 0.411. The molecule has 1 aliphatic heterocycles. The number of nitrogens with one attached hydrogen (secondary N) is 2. The Hall–Kier alpha value is -4.17. The summed E-state index contributed by atoms with van der Waals surface area (Å²) in [7, 11) is 0. The highest BCUT2D eigenvalue weighted by Crippen LogP contribution is 2.37. The minimum absolute atomic E-state index is 0.0137. The number of rotatable bonds is 12. The largest absolute Gasteiger partial charge is 0.460 e. The smallest absolute Gasteiger partial charge is 0.408 e. The number of carbonyl (C=O) groups is 3. The van der Waals surface area contributed by atoms with Crippen LogP contribution in [-0.2, 0) is 24.6 Å². The Labute approximate surface area is 253 Å². The van der Waals surface area contributed by atoms with Crippen LogP contribution >= 0.6 is 0 Å². The summed E-state index contributed by atoms with van der Waals surface area (Å²) >= 11 is 0. The molecule has 1 fully saturated rings. The maximum absolute atomic E-state index is 13.9. The number of alkyl carbamates (subject to hydrolysis) is 1. The van der Waals surface area contributed by atoms with Crippen molar-refractivity contribution in [3.05, 3.63) is 108 Å². The van der Waals surface area contributed by atoms with Crippen molar-refractivity contribution in [2.75, 3.05) is 6.61 Å². The molecule has 0 bridgehead atoms. The van der Waals surface area contributed by atoms with E-state index in [1.807, 2.05) is 91.0 Å². The number of aliphatic hydroxyl groups is 1. The Kier molecular flexibility index (Phi) is 10.6. The predicted octanol–water partition coefficient (Wildman–Crippen LogP) is 5.47. The standard InChI is InChI=1S/C35H42N2O6/c1-34(2,3)43-33(41)36-29(30-24-25(14-13-23-38)32(40)42-30)21-22-31(39)37-35(26-15-7-4-8-16-26,27-17-9-5-10-18-27)28-19-11-6-12-20-28/h4-12,15-20,25,29-30,38H,13-14,21-24H2,1-3H3,(H,36,41)(H,37,39)/t25-,29+,30-/m1/s1. The number of ether oxygens (including phenoxy) is 2. The Bertz CT molecular complexity index is 1240. The first kappa shape index (κ1) is 31.8. The lowest BCUT2D eigenvalue weighted by molar-refractivity contribution is -0.145. The molecule has 8 heteroatoms. The Morgan fingerprint density at radius 2 is 1.42 bits per heavy atom. The maximum atomic E-state index is 13.9. The average molecular weight is 587 g/mol. The van der Waals surface area contributed by atoms with Crippen molar-refractivity contribution in [3.63, 3.8) is 0 Å². The molecule has 3 aromatic rings. The summed E-state index contributed by atoms with van der Waals surface area (Å²) in [5, 5.41) is 15.4. The van der Waals surface area contributed by atoms with Crippen LogP contribution in [0.25, 0.3) is 0 Å². The molecule has 0 aliphatic carbocycles. The zero-order valence-electron chi connectivity index (χ0n) is 25.1. The summed E-state index contributed by atoms with van der Waals surface area (Å²) in [4.78, 5) is 39.3. The molecule has 0 radical (unpaired) electrons. The predicted molar refractivity (Wildman–Crippen MR) is 164 cm³/mol. The van der Waals surface area contributed by atoms with Crippen LogP contribution in [0.2, 0.25) is 0 Å². The number of aliphatic hydroxyl groups excluding tert-OH is 1. The third kappa shape index (κ3) is 8.23. The minimum Gasteiger partial charge on any atom is -0.460 e. The van der Waals surface area contributed by atoms with Crippen molar-refractivity contribution in [3.8, 4) is 0 Å². The molecule has 1 aliphatic rings. The number of hydrogen-bond donors (Lipinski definition) is 3. The molecular weight excluding hydrogens is 544 g/mol. The van der Waals surface area contributed by atoms with Gasteiger partial charge in [0.25, 0.3) is 0 Å². The van der Waals surface area contributed by atoms with Gasteiger partial charge in [0.1, 0.15) is 17.2 Å².